The van der Waals surface area contributed by atoms with Crippen molar-refractivity contribution in [1.29, 1.82) is 0 Å². The second-order valence-corrected chi connectivity index (χ2v) is 16.2. The van der Waals surface area contributed by atoms with E-state index in [2.05, 4.69) is 152 Å². The molecule has 0 saturated heterocycles. The Hall–Kier alpha value is -7.86. The van der Waals surface area contributed by atoms with Crippen LogP contribution in [0.5, 0.6) is 0 Å². The fourth-order valence-corrected chi connectivity index (χ4v) is 9.21. The molecular weight excluding hydrogens is 761 g/mol. The first-order valence-electron chi connectivity index (χ1n) is 20.3. The van der Waals surface area contributed by atoms with Gasteiger partial charge in [-0.15, -0.1) is 11.3 Å². The Morgan fingerprint density at radius 2 is 0.721 bits per heavy atom. The lowest BCUT2D eigenvalue weighted by atomic mass is 9.92. The Labute approximate surface area is 358 Å². The van der Waals surface area contributed by atoms with Gasteiger partial charge in [-0.25, -0.2) is 9.97 Å². The Bertz CT molecular complexity index is 3290. The molecule has 4 heterocycles. The molecule has 0 amide bonds. The zero-order valence-corrected chi connectivity index (χ0v) is 33.8. The summed E-state index contributed by atoms with van der Waals surface area (Å²) in [5, 5.41) is 2.55. The highest BCUT2D eigenvalue weighted by Gasteiger charge is 2.17. The Morgan fingerprint density at radius 1 is 0.262 bits per heavy atom. The largest absolute Gasteiger partial charge is 0.256 e. The summed E-state index contributed by atoms with van der Waals surface area (Å²) in [6, 6.07) is 72.7. The molecule has 4 nitrogen and oxygen atoms in total. The van der Waals surface area contributed by atoms with Gasteiger partial charge in [0.15, 0.2) is 5.82 Å². The number of aromatic nitrogens is 4. The molecule has 0 atom stereocenters. The molecule has 0 aliphatic rings. The van der Waals surface area contributed by atoms with Crippen LogP contribution in [0.3, 0.4) is 0 Å². The van der Waals surface area contributed by atoms with Crippen LogP contribution in [0.25, 0.3) is 110 Å². The number of thiophene rings is 1. The highest BCUT2D eigenvalue weighted by Crippen LogP contribution is 2.40. The molecule has 11 aromatic rings. The van der Waals surface area contributed by atoms with Crippen molar-refractivity contribution in [2.75, 3.05) is 0 Å². The first-order chi connectivity index (χ1) is 30.2. The number of fused-ring (bicyclic) bond motifs is 3. The van der Waals surface area contributed by atoms with Gasteiger partial charge in [-0.1, -0.05) is 115 Å². The van der Waals surface area contributed by atoms with Crippen molar-refractivity contribution >= 4 is 31.5 Å². The topological polar surface area (TPSA) is 51.6 Å². The molecule has 11 rings (SSSR count). The number of pyridine rings is 2. The van der Waals surface area contributed by atoms with E-state index in [1.807, 2.05) is 78.3 Å². The summed E-state index contributed by atoms with van der Waals surface area (Å²) < 4.78 is 2.57. The molecule has 0 saturated carbocycles. The van der Waals surface area contributed by atoms with E-state index in [4.69, 9.17) is 19.9 Å². The lowest BCUT2D eigenvalue weighted by molar-refractivity contribution is 1.18. The van der Waals surface area contributed by atoms with E-state index < -0.39 is 0 Å². The van der Waals surface area contributed by atoms with Crippen LogP contribution in [-0.4, -0.2) is 19.9 Å². The van der Waals surface area contributed by atoms with E-state index in [9.17, 15) is 0 Å². The SMILES string of the molecule is c1ccc(-c2cccc(-c3cc(-c4ccc5sc6ccccc6c5c4)cc(-c4cc(-c5cc(-c6ccccn6)cc(-c6ccccn6)c5)nc(-c5ccccc5)n4)c3)c2)cc1. The number of rotatable bonds is 8. The molecular formula is C56H36N4S. The van der Waals surface area contributed by atoms with Gasteiger partial charge in [0.1, 0.15) is 0 Å². The molecule has 0 unspecified atom stereocenters. The number of nitrogens with zero attached hydrogens (tertiary/aromatic N) is 4. The van der Waals surface area contributed by atoms with Gasteiger partial charge in [0.25, 0.3) is 0 Å². The number of hydrogen-bond donors (Lipinski definition) is 0. The molecule has 5 heteroatoms. The molecule has 0 aliphatic carbocycles. The highest BCUT2D eigenvalue weighted by atomic mass is 32.1. The third kappa shape index (κ3) is 7.28. The van der Waals surface area contributed by atoms with Gasteiger partial charge >= 0.3 is 0 Å². The highest BCUT2D eigenvalue weighted by molar-refractivity contribution is 7.25. The van der Waals surface area contributed by atoms with E-state index >= 15 is 0 Å². The van der Waals surface area contributed by atoms with Crippen LogP contribution >= 0.6 is 11.3 Å². The van der Waals surface area contributed by atoms with Gasteiger partial charge < -0.3 is 0 Å². The van der Waals surface area contributed by atoms with Crippen LogP contribution < -0.4 is 0 Å². The molecule has 0 radical (unpaired) electrons. The maximum atomic E-state index is 5.34. The average molecular weight is 797 g/mol. The standard InChI is InChI=1S/C56H36N4S/c1-3-14-37(15-4-1)39-18-13-19-40(28-39)42-29-43(41-24-25-55-49(35-41)48-20-7-8-23-54(48)61-55)31-46(30-42)52-36-53(60-56(59-52)38-16-5-2-6-17-38)47-33-44(50-21-9-11-26-57-50)32-45(34-47)51-22-10-12-27-58-51/h1-36H. The second-order valence-electron chi connectivity index (χ2n) is 15.1. The Morgan fingerprint density at radius 3 is 1.34 bits per heavy atom. The van der Waals surface area contributed by atoms with E-state index in [1.165, 1.54) is 31.3 Å². The Kier molecular flexibility index (Phi) is 9.34. The summed E-state index contributed by atoms with van der Waals surface area (Å²) >= 11 is 1.84. The summed E-state index contributed by atoms with van der Waals surface area (Å²) in [6.07, 6.45) is 3.66. The van der Waals surface area contributed by atoms with Crippen LogP contribution in [0, 0.1) is 0 Å². The van der Waals surface area contributed by atoms with Gasteiger partial charge in [-0.05, 0) is 124 Å². The molecule has 0 fully saturated rings. The smallest absolute Gasteiger partial charge is 0.160 e. The summed E-state index contributed by atoms with van der Waals surface area (Å²) in [7, 11) is 0. The first-order valence-corrected chi connectivity index (χ1v) is 21.2. The lowest BCUT2D eigenvalue weighted by Crippen LogP contribution is -1.97. The van der Waals surface area contributed by atoms with E-state index in [-0.39, 0.29) is 0 Å². The molecule has 0 aliphatic heterocycles. The molecule has 0 N–H and O–H groups in total. The minimum absolute atomic E-state index is 0.653. The monoisotopic (exact) mass is 796 g/mol. The molecule has 7 aromatic carbocycles. The van der Waals surface area contributed by atoms with Gasteiger partial charge in [0, 0.05) is 60.4 Å². The third-order valence-corrected chi connectivity index (χ3v) is 12.3. The zero-order valence-electron chi connectivity index (χ0n) is 33.0. The van der Waals surface area contributed by atoms with Crippen LogP contribution in [0.2, 0.25) is 0 Å². The van der Waals surface area contributed by atoms with Crippen molar-refractivity contribution in [3.63, 3.8) is 0 Å². The molecule has 4 aromatic heterocycles. The number of hydrogen-bond acceptors (Lipinski definition) is 5. The molecule has 61 heavy (non-hydrogen) atoms. The van der Waals surface area contributed by atoms with E-state index in [0.29, 0.717) is 5.82 Å². The predicted molar refractivity (Wildman–Crippen MR) is 254 cm³/mol. The normalized spacial score (nSPS) is 11.3. The fourth-order valence-electron chi connectivity index (χ4n) is 8.12. The lowest BCUT2D eigenvalue weighted by Gasteiger charge is -2.15. The van der Waals surface area contributed by atoms with Gasteiger partial charge in [-0.2, -0.15) is 0 Å². The minimum Gasteiger partial charge on any atom is -0.256 e. The maximum Gasteiger partial charge on any atom is 0.160 e. The Balaban J connectivity index is 1.14. The van der Waals surface area contributed by atoms with E-state index in [0.717, 1.165) is 72.8 Å². The first kappa shape index (κ1) is 36.2. The van der Waals surface area contributed by atoms with Gasteiger partial charge in [0.2, 0.25) is 0 Å². The second kappa shape index (κ2) is 15.7. The summed E-state index contributed by atoms with van der Waals surface area (Å²) in [5.74, 6) is 0.653. The van der Waals surface area contributed by atoms with Crippen LogP contribution in [0.4, 0.5) is 0 Å². The fraction of sp³-hybridized carbons (Fsp3) is 0. The van der Waals surface area contributed by atoms with Crippen molar-refractivity contribution in [3.05, 3.63) is 219 Å². The van der Waals surface area contributed by atoms with Crippen LogP contribution in [0.1, 0.15) is 0 Å². The minimum atomic E-state index is 0.653. The number of benzene rings is 7. The van der Waals surface area contributed by atoms with Crippen molar-refractivity contribution in [2.24, 2.45) is 0 Å². The quantitative estimate of drug-likeness (QED) is 0.154. The molecule has 286 valence electrons. The predicted octanol–water partition coefficient (Wildman–Crippen LogP) is 15.0. The van der Waals surface area contributed by atoms with Crippen molar-refractivity contribution in [1.82, 2.24) is 19.9 Å². The van der Waals surface area contributed by atoms with Gasteiger partial charge in [0.05, 0.1) is 22.8 Å². The third-order valence-electron chi connectivity index (χ3n) is 11.2. The molecule has 0 spiro atoms. The van der Waals surface area contributed by atoms with Crippen molar-refractivity contribution in [3.8, 4) is 89.8 Å². The van der Waals surface area contributed by atoms with Crippen LogP contribution in [0.15, 0.2) is 219 Å². The summed E-state index contributed by atoms with van der Waals surface area (Å²) in [5.41, 5.74) is 15.1. The van der Waals surface area contributed by atoms with Crippen LogP contribution in [-0.2, 0) is 0 Å². The average Bonchev–Trinajstić information content (AvgIpc) is 3.73. The maximum absolute atomic E-state index is 5.34. The summed E-state index contributed by atoms with van der Waals surface area (Å²) in [4.78, 5) is 20.1. The summed E-state index contributed by atoms with van der Waals surface area (Å²) in [6.45, 7) is 0. The van der Waals surface area contributed by atoms with Crippen molar-refractivity contribution in [2.45, 2.75) is 0 Å². The van der Waals surface area contributed by atoms with Crippen molar-refractivity contribution < 1.29 is 0 Å². The van der Waals surface area contributed by atoms with E-state index in [1.54, 1.807) is 0 Å². The van der Waals surface area contributed by atoms with Gasteiger partial charge in [-0.3, -0.25) is 9.97 Å². The zero-order chi connectivity index (χ0) is 40.5. The molecule has 0 bridgehead atoms.